The summed E-state index contributed by atoms with van der Waals surface area (Å²) in [7, 11) is -3.24. The summed E-state index contributed by atoms with van der Waals surface area (Å²) in [6, 6.07) is 3.30. The molecular weight excluding hydrogens is 242 g/mol. The maximum atomic E-state index is 11.1. The third kappa shape index (κ3) is 5.45. The number of sulfonamides is 1. The third-order valence-electron chi connectivity index (χ3n) is 1.86. The molecule has 1 rings (SSSR count). The highest BCUT2D eigenvalue weighted by Gasteiger charge is 2.21. The summed E-state index contributed by atoms with van der Waals surface area (Å²) >= 11 is 0. The Balaban J connectivity index is 2.58. The Hall–Kier alpha value is -1.41. The zero-order chi connectivity index (χ0) is 13.1. The van der Waals surface area contributed by atoms with Gasteiger partial charge in [0.25, 0.3) is 0 Å². The van der Waals surface area contributed by atoms with E-state index in [0.717, 1.165) is 6.26 Å². The molecule has 4 N–H and O–H groups in total. The Bertz CT molecular complexity index is 469. The molecule has 0 fully saturated rings. The van der Waals surface area contributed by atoms with E-state index in [0.29, 0.717) is 18.2 Å². The lowest BCUT2D eigenvalue weighted by Gasteiger charge is -2.25. The minimum atomic E-state index is -3.24. The molecule has 0 aliphatic rings. The van der Waals surface area contributed by atoms with Crippen LogP contribution in [0.25, 0.3) is 0 Å². The van der Waals surface area contributed by atoms with Crippen molar-refractivity contribution >= 4 is 21.7 Å². The Morgan fingerprint density at radius 3 is 2.47 bits per heavy atom. The SMILES string of the molecule is CC(C)(CNc1ccc(N)nn1)NS(C)(=O)=O. The fourth-order valence-electron chi connectivity index (χ4n) is 1.29. The third-order valence-corrected chi connectivity index (χ3v) is 2.78. The minimum Gasteiger partial charge on any atom is -0.382 e. The summed E-state index contributed by atoms with van der Waals surface area (Å²) in [6.07, 6.45) is 1.12. The van der Waals surface area contributed by atoms with Gasteiger partial charge in [-0.3, -0.25) is 0 Å². The van der Waals surface area contributed by atoms with Crippen molar-refractivity contribution in [2.75, 3.05) is 23.9 Å². The van der Waals surface area contributed by atoms with Gasteiger partial charge >= 0.3 is 0 Å². The number of nitrogens with zero attached hydrogens (tertiary/aromatic N) is 2. The Morgan fingerprint density at radius 1 is 1.35 bits per heavy atom. The van der Waals surface area contributed by atoms with E-state index in [1.54, 1.807) is 26.0 Å². The van der Waals surface area contributed by atoms with E-state index in [4.69, 9.17) is 5.73 Å². The molecule has 0 bridgehead atoms. The van der Waals surface area contributed by atoms with Gasteiger partial charge in [0, 0.05) is 12.1 Å². The van der Waals surface area contributed by atoms with Crippen LogP contribution in [0.5, 0.6) is 0 Å². The van der Waals surface area contributed by atoms with Crippen molar-refractivity contribution in [1.82, 2.24) is 14.9 Å². The molecule has 17 heavy (non-hydrogen) atoms. The summed E-state index contributed by atoms with van der Waals surface area (Å²) in [5.74, 6) is 0.881. The monoisotopic (exact) mass is 259 g/mol. The lowest BCUT2D eigenvalue weighted by atomic mass is 10.1. The second kappa shape index (κ2) is 4.84. The number of hydrogen-bond donors (Lipinski definition) is 3. The molecule has 7 nitrogen and oxygen atoms in total. The summed E-state index contributed by atoms with van der Waals surface area (Å²) in [4.78, 5) is 0. The molecule has 8 heteroatoms. The van der Waals surface area contributed by atoms with Crippen molar-refractivity contribution in [3.63, 3.8) is 0 Å². The van der Waals surface area contributed by atoms with Crippen molar-refractivity contribution in [3.05, 3.63) is 12.1 Å². The number of hydrogen-bond acceptors (Lipinski definition) is 6. The van der Waals surface area contributed by atoms with E-state index in [-0.39, 0.29) is 0 Å². The summed E-state index contributed by atoms with van der Waals surface area (Å²) < 4.78 is 24.8. The first-order valence-corrected chi connectivity index (χ1v) is 6.89. The molecule has 0 radical (unpaired) electrons. The van der Waals surface area contributed by atoms with Gasteiger partial charge in [-0.1, -0.05) is 0 Å². The molecule has 0 unspecified atom stereocenters. The Labute approximate surface area is 101 Å². The molecule has 0 spiro atoms. The van der Waals surface area contributed by atoms with Gasteiger partial charge in [0.15, 0.2) is 0 Å². The van der Waals surface area contributed by atoms with Crippen LogP contribution < -0.4 is 15.8 Å². The van der Waals surface area contributed by atoms with Crippen LogP contribution in [-0.4, -0.2) is 37.0 Å². The molecule has 1 heterocycles. The van der Waals surface area contributed by atoms with Crippen LogP contribution in [0.3, 0.4) is 0 Å². The first kappa shape index (κ1) is 13.7. The number of anilines is 2. The highest BCUT2D eigenvalue weighted by Crippen LogP contribution is 2.07. The minimum absolute atomic E-state index is 0.337. The average Bonchev–Trinajstić information content (AvgIpc) is 2.13. The van der Waals surface area contributed by atoms with Gasteiger partial charge in [0.05, 0.1) is 6.26 Å². The maximum absolute atomic E-state index is 11.1. The van der Waals surface area contributed by atoms with Gasteiger partial charge in [-0.25, -0.2) is 13.1 Å². The average molecular weight is 259 g/mol. The first-order chi connectivity index (χ1) is 7.68. The summed E-state index contributed by atoms with van der Waals surface area (Å²) in [6.45, 7) is 3.93. The zero-order valence-corrected chi connectivity index (χ0v) is 10.9. The highest BCUT2D eigenvalue weighted by molar-refractivity contribution is 7.88. The zero-order valence-electron chi connectivity index (χ0n) is 10.1. The van der Waals surface area contributed by atoms with Crippen LogP contribution in [0, 0.1) is 0 Å². The molecule has 0 aromatic carbocycles. The molecule has 0 amide bonds. The van der Waals surface area contributed by atoms with Gasteiger partial charge in [0.1, 0.15) is 11.6 Å². The highest BCUT2D eigenvalue weighted by atomic mass is 32.2. The number of aromatic nitrogens is 2. The van der Waals surface area contributed by atoms with E-state index >= 15 is 0 Å². The number of nitrogens with one attached hydrogen (secondary N) is 2. The molecule has 1 aromatic heterocycles. The first-order valence-electron chi connectivity index (χ1n) is 5.00. The summed E-state index contributed by atoms with van der Waals surface area (Å²) in [5, 5.41) is 10.5. The van der Waals surface area contributed by atoms with E-state index in [1.807, 2.05) is 0 Å². The maximum Gasteiger partial charge on any atom is 0.209 e. The Morgan fingerprint density at radius 2 is 2.00 bits per heavy atom. The van der Waals surface area contributed by atoms with Crippen LogP contribution in [0.2, 0.25) is 0 Å². The second-order valence-electron chi connectivity index (χ2n) is 4.46. The van der Waals surface area contributed by atoms with E-state index in [2.05, 4.69) is 20.2 Å². The molecule has 1 aromatic rings. The number of nitrogens with two attached hydrogens (primary N) is 1. The standard InChI is InChI=1S/C9H17N5O2S/c1-9(2,14-17(3,15)16)6-11-8-5-4-7(10)12-13-8/h4-5,14H,6H2,1-3H3,(H2,10,12)(H,11,13). The Kier molecular flexibility index (Phi) is 3.89. The number of rotatable bonds is 5. The molecule has 0 atom stereocenters. The van der Waals surface area contributed by atoms with Crippen molar-refractivity contribution in [2.45, 2.75) is 19.4 Å². The molecular formula is C9H17N5O2S. The largest absolute Gasteiger partial charge is 0.382 e. The van der Waals surface area contributed by atoms with Crippen LogP contribution in [0.4, 0.5) is 11.6 Å². The fraction of sp³-hybridized carbons (Fsp3) is 0.556. The van der Waals surface area contributed by atoms with Gasteiger partial charge in [-0.05, 0) is 26.0 Å². The summed E-state index contributed by atoms with van der Waals surface area (Å²) in [5.41, 5.74) is 4.78. The van der Waals surface area contributed by atoms with Gasteiger partial charge in [0.2, 0.25) is 10.0 Å². The van der Waals surface area contributed by atoms with Gasteiger partial charge in [-0.2, -0.15) is 0 Å². The van der Waals surface area contributed by atoms with Crippen molar-refractivity contribution in [1.29, 1.82) is 0 Å². The molecule has 96 valence electrons. The quantitative estimate of drug-likeness (QED) is 0.675. The fourth-order valence-corrected chi connectivity index (χ4v) is 2.36. The molecule has 0 aliphatic heterocycles. The van der Waals surface area contributed by atoms with Crippen LogP contribution >= 0.6 is 0 Å². The van der Waals surface area contributed by atoms with E-state index in [1.165, 1.54) is 0 Å². The smallest absolute Gasteiger partial charge is 0.209 e. The number of nitrogen functional groups attached to an aromatic ring is 1. The van der Waals surface area contributed by atoms with E-state index in [9.17, 15) is 8.42 Å². The predicted octanol–water partition coefficient (Wildman–Crippen LogP) is -0.201. The second-order valence-corrected chi connectivity index (χ2v) is 6.20. The molecule has 0 saturated heterocycles. The molecule has 0 saturated carbocycles. The normalized spacial score (nSPS) is 12.4. The van der Waals surface area contributed by atoms with Crippen molar-refractivity contribution in [2.24, 2.45) is 0 Å². The van der Waals surface area contributed by atoms with Gasteiger partial charge < -0.3 is 11.1 Å². The van der Waals surface area contributed by atoms with Crippen LogP contribution in [0.15, 0.2) is 12.1 Å². The van der Waals surface area contributed by atoms with Gasteiger partial charge in [-0.15, -0.1) is 10.2 Å². The van der Waals surface area contributed by atoms with Crippen LogP contribution in [0.1, 0.15) is 13.8 Å². The molecule has 0 aliphatic carbocycles. The predicted molar refractivity (Wildman–Crippen MR) is 67.0 cm³/mol. The lowest BCUT2D eigenvalue weighted by molar-refractivity contribution is 0.475. The topological polar surface area (TPSA) is 110 Å². The van der Waals surface area contributed by atoms with Crippen LogP contribution in [-0.2, 0) is 10.0 Å². The van der Waals surface area contributed by atoms with Crippen molar-refractivity contribution in [3.8, 4) is 0 Å². The lowest BCUT2D eigenvalue weighted by Crippen LogP contribution is -2.47. The van der Waals surface area contributed by atoms with E-state index < -0.39 is 15.6 Å². The van der Waals surface area contributed by atoms with Crippen molar-refractivity contribution < 1.29 is 8.42 Å².